The van der Waals surface area contributed by atoms with Gasteiger partial charge in [0.15, 0.2) is 11.5 Å². The third-order valence-electron chi connectivity index (χ3n) is 6.58. The van der Waals surface area contributed by atoms with E-state index >= 15 is 0 Å². The van der Waals surface area contributed by atoms with Crippen LogP contribution in [0.3, 0.4) is 0 Å². The van der Waals surface area contributed by atoms with Crippen molar-refractivity contribution in [2.24, 2.45) is 0 Å². The SMILES string of the molecule is COc1cc2nc(NCCO)nc(N3CCC(n4c(=O)[nH]c5cc(C)ccc54)CC3)c2cc1OC. The Morgan fingerprint density at radius 2 is 1.86 bits per heavy atom. The van der Waals surface area contributed by atoms with Gasteiger partial charge in [-0.25, -0.2) is 9.78 Å². The molecule has 2 aromatic heterocycles. The minimum Gasteiger partial charge on any atom is -0.493 e. The van der Waals surface area contributed by atoms with Crippen LogP contribution in [0.1, 0.15) is 24.4 Å². The van der Waals surface area contributed by atoms with Gasteiger partial charge in [0.25, 0.3) is 0 Å². The van der Waals surface area contributed by atoms with Crippen LogP contribution in [-0.4, -0.2) is 65.1 Å². The number of hydrogen-bond acceptors (Lipinski definition) is 8. The fraction of sp³-hybridized carbons (Fsp3) is 0.400. The van der Waals surface area contributed by atoms with E-state index in [0.717, 1.165) is 59.2 Å². The summed E-state index contributed by atoms with van der Waals surface area (Å²) in [5.74, 6) is 2.43. The van der Waals surface area contributed by atoms with Crippen LogP contribution in [0.2, 0.25) is 0 Å². The summed E-state index contributed by atoms with van der Waals surface area (Å²) in [4.78, 5) is 27.4. The normalized spacial score (nSPS) is 14.6. The first-order valence-electron chi connectivity index (χ1n) is 11.8. The van der Waals surface area contributed by atoms with E-state index in [1.165, 1.54) is 0 Å². The van der Waals surface area contributed by atoms with Gasteiger partial charge in [-0.05, 0) is 43.5 Å². The Bertz CT molecular complexity index is 1420. The molecule has 0 amide bonds. The monoisotopic (exact) mass is 478 g/mol. The summed E-state index contributed by atoms with van der Waals surface area (Å²) < 4.78 is 12.9. The second kappa shape index (κ2) is 9.46. The molecule has 0 unspecified atom stereocenters. The number of nitrogens with one attached hydrogen (secondary N) is 2. The Kier molecular flexibility index (Phi) is 6.21. The number of methoxy groups -OCH3 is 2. The molecule has 1 aliphatic rings. The molecule has 4 aromatic rings. The zero-order chi connectivity index (χ0) is 24.5. The molecular weight excluding hydrogens is 448 g/mol. The molecule has 0 aliphatic carbocycles. The van der Waals surface area contributed by atoms with E-state index in [4.69, 9.17) is 14.5 Å². The summed E-state index contributed by atoms with van der Waals surface area (Å²) >= 11 is 0. The van der Waals surface area contributed by atoms with Crippen LogP contribution in [0.15, 0.2) is 35.1 Å². The van der Waals surface area contributed by atoms with Crippen molar-refractivity contribution in [1.29, 1.82) is 0 Å². The average molecular weight is 479 g/mol. The summed E-state index contributed by atoms with van der Waals surface area (Å²) in [5.41, 5.74) is 3.59. The summed E-state index contributed by atoms with van der Waals surface area (Å²) in [7, 11) is 3.20. The van der Waals surface area contributed by atoms with Gasteiger partial charge in [0.1, 0.15) is 5.82 Å². The largest absolute Gasteiger partial charge is 0.493 e. The highest BCUT2D eigenvalue weighted by molar-refractivity contribution is 5.93. The van der Waals surface area contributed by atoms with Crippen molar-refractivity contribution < 1.29 is 14.6 Å². The molecule has 184 valence electrons. The summed E-state index contributed by atoms with van der Waals surface area (Å²) in [5, 5.41) is 13.2. The number of benzene rings is 2. The van der Waals surface area contributed by atoms with Crippen LogP contribution in [0, 0.1) is 6.92 Å². The third-order valence-corrected chi connectivity index (χ3v) is 6.58. The third kappa shape index (κ3) is 4.25. The van der Waals surface area contributed by atoms with Gasteiger partial charge in [-0.3, -0.25) is 4.57 Å². The number of hydrogen-bond donors (Lipinski definition) is 3. The number of imidazole rings is 1. The highest BCUT2D eigenvalue weighted by Gasteiger charge is 2.26. The number of piperidine rings is 1. The van der Waals surface area contributed by atoms with E-state index in [0.29, 0.717) is 24.0 Å². The fourth-order valence-electron chi connectivity index (χ4n) is 4.87. The van der Waals surface area contributed by atoms with E-state index in [1.54, 1.807) is 14.2 Å². The Labute approximate surface area is 202 Å². The highest BCUT2D eigenvalue weighted by Crippen LogP contribution is 2.37. The molecule has 10 nitrogen and oxygen atoms in total. The van der Waals surface area contributed by atoms with E-state index in [1.807, 2.05) is 41.8 Å². The number of aromatic nitrogens is 4. The molecule has 5 rings (SSSR count). The second-order valence-electron chi connectivity index (χ2n) is 8.78. The Morgan fingerprint density at radius 1 is 1.11 bits per heavy atom. The number of aliphatic hydroxyl groups excluding tert-OH is 1. The van der Waals surface area contributed by atoms with E-state index < -0.39 is 0 Å². The molecule has 0 spiro atoms. The van der Waals surface area contributed by atoms with Gasteiger partial charge in [-0.1, -0.05) is 6.07 Å². The Morgan fingerprint density at radius 3 is 2.57 bits per heavy atom. The van der Waals surface area contributed by atoms with Gasteiger partial charge >= 0.3 is 5.69 Å². The molecular formula is C25H30N6O4. The molecule has 1 fully saturated rings. The van der Waals surface area contributed by atoms with Gasteiger partial charge in [0, 0.05) is 37.1 Å². The first-order valence-corrected chi connectivity index (χ1v) is 11.8. The Hall–Kier alpha value is -3.79. The summed E-state index contributed by atoms with van der Waals surface area (Å²) in [6.07, 6.45) is 1.61. The molecule has 0 bridgehead atoms. The molecule has 0 radical (unpaired) electrons. The van der Waals surface area contributed by atoms with Gasteiger partial charge in [-0.2, -0.15) is 4.98 Å². The van der Waals surface area contributed by atoms with Crippen molar-refractivity contribution in [2.75, 3.05) is 50.7 Å². The molecule has 2 aromatic carbocycles. The fourth-order valence-corrected chi connectivity index (χ4v) is 4.87. The van der Waals surface area contributed by atoms with Gasteiger partial charge < -0.3 is 29.8 Å². The lowest BCUT2D eigenvalue weighted by Crippen LogP contribution is -2.37. The van der Waals surface area contributed by atoms with Crippen molar-refractivity contribution in [3.05, 3.63) is 46.4 Å². The van der Waals surface area contributed by atoms with Crippen molar-refractivity contribution in [2.45, 2.75) is 25.8 Å². The number of H-pyrrole nitrogens is 1. The van der Waals surface area contributed by atoms with E-state index in [9.17, 15) is 9.90 Å². The van der Waals surface area contributed by atoms with Crippen molar-refractivity contribution >= 4 is 33.7 Å². The number of nitrogens with zero attached hydrogens (tertiary/aromatic N) is 4. The van der Waals surface area contributed by atoms with Crippen molar-refractivity contribution in [3.63, 3.8) is 0 Å². The zero-order valence-corrected chi connectivity index (χ0v) is 20.2. The first kappa shape index (κ1) is 23.0. The second-order valence-corrected chi connectivity index (χ2v) is 8.78. The number of aliphatic hydroxyl groups is 1. The smallest absolute Gasteiger partial charge is 0.326 e. The lowest BCUT2D eigenvalue weighted by atomic mass is 10.0. The maximum atomic E-state index is 12.8. The number of fused-ring (bicyclic) bond motifs is 2. The molecule has 0 atom stereocenters. The Balaban J connectivity index is 1.48. The maximum Gasteiger partial charge on any atom is 0.326 e. The van der Waals surface area contributed by atoms with Crippen LogP contribution in [0.25, 0.3) is 21.9 Å². The lowest BCUT2D eigenvalue weighted by molar-refractivity contribution is 0.311. The van der Waals surface area contributed by atoms with Crippen molar-refractivity contribution in [3.8, 4) is 11.5 Å². The summed E-state index contributed by atoms with van der Waals surface area (Å²) in [6.45, 7) is 3.81. The van der Waals surface area contributed by atoms with Crippen LogP contribution in [-0.2, 0) is 0 Å². The number of rotatable bonds is 7. The molecule has 1 saturated heterocycles. The number of aromatic amines is 1. The van der Waals surface area contributed by atoms with Gasteiger partial charge in [0.05, 0.1) is 37.4 Å². The molecule has 1 aliphatic heterocycles. The van der Waals surface area contributed by atoms with Crippen LogP contribution >= 0.6 is 0 Å². The van der Waals surface area contributed by atoms with Crippen LogP contribution in [0.4, 0.5) is 11.8 Å². The van der Waals surface area contributed by atoms with Crippen LogP contribution < -0.4 is 25.4 Å². The van der Waals surface area contributed by atoms with Crippen molar-refractivity contribution in [1.82, 2.24) is 19.5 Å². The number of aryl methyl sites for hydroxylation is 1. The minimum atomic E-state index is -0.0659. The molecule has 35 heavy (non-hydrogen) atoms. The number of anilines is 2. The predicted molar refractivity (Wildman–Crippen MR) is 136 cm³/mol. The standard InChI is InChI=1S/C25H30N6O4/c1-15-4-5-20-19(12-15)28-25(33)31(20)16-6-9-30(10-7-16)23-17-13-21(34-2)22(35-3)14-18(17)27-24(29-23)26-8-11-32/h4-5,12-14,16,32H,6-11H2,1-3H3,(H,28,33)(H,26,27,29). The number of ether oxygens (including phenoxy) is 2. The average Bonchev–Trinajstić information content (AvgIpc) is 3.20. The first-order chi connectivity index (χ1) is 17.0. The van der Waals surface area contributed by atoms with E-state index in [-0.39, 0.29) is 18.3 Å². The van der Waals surface area contributed by atoms with Gasteiger partial charge in [0.2, 0.25) is 5.95 Å². The maximum absolute atomic E-state index is 12.8. The molecule has 3 heterocycles. The lowest BCUT2D eigenvalue weighted by Gasteiger charge is -2.34. The molecule has 3 N–H and O–H groups in total. The van der Waals surface area contributed by atoms with Crippen LogP contribution in [0.5, 0.6) is 11.5 Å². The minimum absolute atomic E-state index is 0.0209. The summed E-state index contributed by atoms with van der Waals surface area (Å²) in [6, 6.07) is 9.91. The molecule has 0 saturated carbocycles. The molecule has 10 heteroatoms. The zero-order valence-electron chi connectivity index (χ0n) is 20.2. The van der Waals surface area contributed by atoms with E-state index in [2.05, 4.69) is 20.2 Å². The topological polar surface area (TPSA) is 118 Å². The van der Waals surface area contributed by atoms with Gasteiger partial charge in [-0.15, -0.1) is 0 Å². The quantitative estimate of drug-likeness (QED) is 0.371. The predicted octanol–water partition coefficient (Wildman–Crippen LogP) is 2.84. The highest BCUT2D eigenvalue weighted by atomic mass is 16.5.